The van der Waals surface area contributed by atoms with Gasteiger partial charge in [-0.15, -0.1) is 0 Å². The average molecular weight is 298 g/mol. The number of carbonyl (C=O) groups excluding carboxylic acids is 1. The van der Waals surface area contributed by atoms with Crippen LogP contribution in [0.25, 0.3) is 17.0 Å². The van der Waals surface area contributed by atoms with Crippen LogP contribution in [-0.2, 0) is 9.53 Å². The molecule has 116 valence electrons. The maximum absolute atomic E-state index is 11.7. The van der Waals surface area contributed by atoms with Crippen LogP contribution in [0.5, 0.6) is 0 Å². The van der Waals surface area contributed by atoms with Crippen LogP contribution >= 0.6 is 0 Å². The summed E-state index contributed by atoms with van der Waals surface area (Å²) in [5.41, 5.74) is 7.96. The van der Waals surface area contributed by atoms with Crippen LogP contribution < -0.4 is 5.73 Å². The van der Waals surface area contributed by atoms with Gasteiger partial charge in [-0.05, 0) is 38.5 Å². The number of nitrogens with two attached hydrogens (primary N) is 1. The van der Waals surface area contributed by atoms with Gasteiger partial charge in [-0.25, -0.2) is 0 Å². The first kappa shape index (κ1) is 16.2. The number of hydrogen-bond acceptors (Lipinski definition) is 4. The van der Waals surface area contributed by atoms with Gasteiger partial charge in [-0.3, -0.25) is 9.78 Å². The molecule has 0 spiro atoms. The van der Waals surface area contributed by atoms with E-state index in [1.54, 1.807) is 0 Å². The second-order valence-electron chi connectivity index (χ2n) is 6.02. The van der Waals surface area contributed by atoms with E-state index < -0.39 is 5.41 Å². The van der Waals surface area contributed by atoms with Crippen LogP contribution in [0.3, 0.4) is 0 Å². The summed E-state index contributed by atoms with van der Waals surface area (Å²) in [6.07, 6.45) is 3.76. The first-order chi connectivity index (χ1) is 10.3. The molecular weight excluding hydrogens is 276 g/mol. The standard InChI is InChI=1S/C18H22N2O2/c1-12(19)15-8-7-14-6-5-13(11-16(14)20-15)9-10-18(2,3)17(21)22-4/h5-12H,19H2,1-4H3/t12-/m1/s1. The van der Waals surface area contributed by atoms with E-state index in [-0.39, 0.29) is 12.0 Å². The van der Waals surface area contributed by atoms with Crippen LogP contribution in [0.4, 0.5) is 0 Å². The summed E-state index contributed by atoms with van der Waals surface area (Å²) in [5.74, 6) is -0.262. The summed E-state index contributed by atoms with van der Waals surface area (Å²) in [6.45, 7) is 5.56. The molecule has 4 nitrogen and oxygen atoms in total. The quantitative estimate of drug-likeness (QED) is 0.878. The summed E-state index contributed by atoms with van der Waals surface area (Å²) in [7, 11) is 1.40. The molecule has 1 aromatic heterocycles. The van der Waals surface area contributed by atoms with E-state index in [1.165, 1.54) is 7.11 Å². The predicted octanol–water partition coefficient (Wildman–Crippen LogP) is 3.47. The zero-order valence-electron chi connectivity index (χ0n) is 13.5. The lowest BCUT2D eigenvalue weighted by atomic mass is 9.92. The molecule has 1 aromatic carbocycles. The SMILES string of the molecule is COC(=O)C(C)(C)C=Cc1ccc2ccc([C@@H](C)N)nc2c1. The highest BCUT2D eigenvalue weighted by molar-refractivity contribution is 5.83. The molecule has 0 unspecified atom stereocenters. The van der Waals surface area contributed by atoms with E-state index in [1.807, 2.05) is 63.3 Å². The molecule has 2 aromatic rings. The van der Waals surface area contributed by atoms with Gasteiger partial charge in [0.1, 0.15) is 0 Å². The minimum Gasteiger partial charge on any atom is -0.468 e. The molecule has 4 heteroatoms. The minimum absolute atomic E-state index is 0.0955. The molecule has 1 atom stereocenters. The summed E-state index contributed by atoms with van der Waals surface area (Å²) in [6, 6.07) is 9.88. The highest BCUT2D eigenvalue weighted by Crippen LogP contribution is 2.22. The van der Waals surface area contributed by atoms with Crippen molar-refractivity contribution < 1.29 is 9.53 Å². The zero-order chi connectivity index (χ0) is 16.3. The zero-order valence-corrected chi connectivity index (χ0v) is 13.5. The van der Waals surface area contributed by atoms with E-state index >= 15 is 0 Å². The Labute approximate surface area is 131 Å². The van der Waals surface area contributed by atoms with E-state index in [9.17, 15) is 4.79 Å². The van der Waals surface area contributed by atoms with Crippen molar-refractivity contribution in [3.8, 4) is 0 Å². The Morgan fingerprint density at radius 2 is 2.00 bits per heavy atom. The van der Waals surface area contributed by atoms with Crippen molar-refractivity contribution >= 4 is 22.9 Å². The van der Waals surface area contributed by atoms with Crippen molar-refractivity contribution in [3.05, 3.63) is 47.7 Å². The van der Waals surface area contributed by atoms with Crippen molar-refractivity contribution in [1.29, 1.82) is 0 Å². The molecule has 0 saturated carbocycles. The Hall–Kier alpha value is -2.20. The fraction of sp³-hybridized carbons (Fsp3) is 0.333. The smallest absolute Gasteiger partial charge is 0.315 e. The molecular formula is C18H22N2O2. The molecule has 0 amide bonds. The number of rotatable bonds is 4. The summed E-state index contributed by atoms with van der Waals surface area (Å²) >= 11 is 0. The average Bonchev–Trinajstić information content (AvgIpc) is 2.51. The number of ether oxygens (including phenoxy) is 1. The number of nitrogens with zero attached hydrogens (tertiary/aromatic N) is 1. The monoisotopic (exact) mass is 298 g/mol. The maximum atomic E-state index is 11.7. The number of hydrogen-bond donors (Lipinski definition) is 1. The second kappa shape index (κ2) is 6.28. The third-order valence-corrected chi connectivity index (χ3v) is 3.61. The molecule has 0 fully saturated rings. The number of esters is 1. The van der Waals surface area contributed by atoms with Crippen molar-refractivity contribution in [2.75, 3.05) is 7.11 Å². The third kappa shape index (κ3) is 3.52. The van der Waals surface area contributed by atoms with Gasteiger partial charge in [-0.2, -0.15) is 0 Å². The van der Waals surface area contributed by atoms with Crippen LogP contribution in [0.15, 0.2) is 36.4 Å². The van der Waals surface area contributed by atoms with Crippen molar-refractivity contribution in [1.82, 2.24) is 4.98 Å². The van der Waals surface area contributed by atoms with Gasteiger partial charge in [0.2, 0.25) is 0 Å². The normalized spacial score (nSPS) is 13.5. The van der Waals surface area contributed by atoms with Gasteiger partial charge in [0.15, 0.2) is 0 Å². The Bertz CT molecular complexity index is 718. The van der Waals surface area contributed by atoms with Crippen LogP contribution in [0.1, 0.15) is 38.1 Å². The van der Waals surface area contributed by atoms with Gasteiger partial charge in [-0.1, -0.05) is 30.4 Å². The second-order valence-corrected chi connectivity index (χ2v) is 6.02. The minimum atomic E-state index is -0.662. The number of aromatic nitrogens is 1. The largest absolute Gasteiger partial charge is 0.468 e. The van der Waals surface area contributed by atoms with E-state index in [0.717, 1.165) is 22.2 Å². The lowest BCUT2D eigenvalue weighted by molar-refractivity contribution is -0.148. The molecule has 0 radical (unpaired) electrons. The number of benzene rings is 1. The summed E-state index contributed by atoms with van der Waals surface area (Å²) in [5, 5.41) is 1.06. The predicted molar refractivity (Wildman–Crippen MR) is 89.2 cm³/mol. The Morgan fingerprint density at radius 1 is 1.32 bits per heavy atom. The van der Waals surface area contributed by atoms with E-state index in [0.29, 0.717) is 0 Å². The molecule has 0 bridgehead atoms. The van der Waals surface area contributed by atoms with Crippen molar-refractivity contribution in [2.24, 2.45) is 11.1 Å². The fourth-order valence-electron chi connectivity index (χ4n) is 2.14. The van der Waals surface area contributed by atoms with Crippen LogP contribution in [0, 0.1) is 5.41 Å². The van der Waals surface area contributed by atoms with Gasteiger partial charge >= 0.3 is 5.97 Å². The summed E-state index contributed by atoms with van der Waals surface area (Å²) in [4.78, 5) is 16.3. The van der Waals surface area contributed by atoms with Gasteiger partial charge in [0, 0.05) is 11.4 Å². The molecule has 0 aliphatic carbocycles. The number of methoxy groups -OCH3 is 1. The third-order valence-electron chi connectivity index (χ3n) is 3.61. The molecule has 2 N–H and O–H groups in total. The van der Waals surface area contributed by atoms with E-state index in [2.05, 4.69) is 4.98 Å². The fourth-order valence-corrected chi connectivity index (χ4v) is 2.14. The molecule has 0 aliphatic heterocycles. The van der Waals surface area contributed by atoms with E-state index in [4.69, 9.17) is 10.5 Å². The number of carbonyl (C=O) groups is 1. The van der Waals surface area contributed by atoms with Crippen LogP contribution in [0.2, 0.25) is 0 Å². The first-order valence-corrected chi connectivity index (χ1v) is 7.27. The topological polar surface area (TPSA) is 65.2 Å². The molecule has 22 heavy (non-hydrogen) atoms. The first-order valence-electron chi connectivity index (χ1n) is 7.27. The van der Waals surface area contributed by atoms with Crippen molar-refractivity contribution in [2.45, 2.75) is 26.8 Å². The Balaban J connectivity index is 2.34. The number of fused-ring (bicyclic) bond motifs is 1. The van der Waals surface area contributed by atoms with Gasteiger partial charge in [0.05, 0.1) is 23.7 Å². The molecule has 2 rings (SSSR count). The molecule has 1 heterocycles. The molecule has 0 saturated heterocycles. The lowest BCUT2D eigenvalue weighted by Crippen LogP contribution is -2.22. The number of pyridine rings is 1. The highest BCUT2D eigenvalue weighted by Gasteiger charge is 2.24. The maximum Gasteiger partial charge on any atom is 0.315 e. The van der Waals surface area contributed by atoms with Crippen molar-refractivity contribution in [3.63, 3.8) is 0 Å². The Kier molecular flexibility index (Phi) is 4.62. The highest BCUT2D eigenvalue weighted by atomic mass is 16.5. The van der Waals surface area contributed by atoms with Gasteiger partial charge < -0.3 is 10.5 Å². The van der Waals surface area contributed by atoms with Crippen LogP contribution in [-0.4, -0.2) is 18.1 Å². The molecule has 0 aliphatic rings. The Morgan fingerprint density at radius 3 is 2.64 bits per heavy atom. The summed E-state index contributed by atoms with van der Waals surface area (Å²) < 4.78 is 4.80. The van der Waals surface area contributed by atoms with Gasteiger partial charge in [0.25, 0.3) is 0 Å². The lowest BCUT2D eigenvalue weighted by Gasteiger charge is -2.16.